The van der Waals surface area contributed by atoms with Crippen LogP contribution >= 0.6 is 22.9 Å². The van der Waals surface area contributed by atoms with Crippen LogP contribution in [0.25, 0.3) is 10.1 Å². The maximum atomic E-state index is 13.1. The molecule has 0 aliphatic heterocycles. The van der Waals surface area contributed by atoms with E-state index in [1.54, 1.807) is 17.5 Å². The minimum absolute atomic E-state index is 0.159. The third-order valence-corrected chi connectivity index (χ3v) is 2.57. The highest BCUT2D eigenvalue weighted by atomic mass is 35.5. The highest BCUT2D eigenvalue weighted by Gasteiger charge is 2.05. The molecule has 0 atom stereocenters. The van der Waals surface area contributed by atoms with Crippen molar-refractivity contribution in [2.45, 2.75) is 0 Å². The van der Waals surface area contributed by atoms with Crippen molar-refractivity contribution in [3.05, 3.63) is 34.4 Å². The first-order valence-electron chi connectivity index (χ1n) is 3.02. The molecule has 0 fully saturated rings. The van der Waals surface area contributed by atoms with Crippen LogP contribution in [0.4, 0.5) is 4.39 Å². The van der Waals surface area contributed by atoms with Crippen molar-refractivity contribution in [3.63, 3.8) is 0 Å². The van der Waals surface area contributed by atoms with Crippen LogP contribution in [0.1, 0.15) is 0 Å². The molecule has 0 unspecified atom stereocenters. The van der Waals surface area contributed by atoms with Gasteiger partial charge in [0.2, 0.25) is 0 Å². The summed E-state index contributed by atoms with van der Waals surface area (Å²) >= 11 is 7.01. The highest BCUT2D eigenvalue weighted by molar-refractivity contribution is 7.17. The minimum atomic E-state index is -0.370. The van der Waals surface area contributed by atoms with Crippen LogP contribution in [-0.4, -0.2) is 0 Å². The predicted molar refractivity (Wildman–Crippen MR) is 45.6 cm³/mol. The smallest absolute Gasteiger partial charge is 0.151 e. The lowest BCUT2D eigenvalue weighted by molar-refractivity contribution is 0.640. The van der Waals surface area contributed by atoms with E-state index in [1.807, 2.05) is 0 Å². The summed E-state index contributed by atoms with van der Waals surface area (Å²) in [7, 11) is 0. The lowest BCUT2D eigenvalue weighted by Gasteiger charge is -1.93. The molecule has 1 aromatic heterocycles. The summed E-state index contributed by atoms with van der Waals surface area (Å²) in [6.07, 6.45) is 0. The van der Waals surface area contributed by atoms with Crippen molar-refractivity contribution in [1.82, 2.24) is 0 Å². The highest BCUT2D eigenvalue weighted by Crippen LogP contribution is 2.27. The molecule has 0 aliphatic rings. The van der Waals surface area contributed by atoms with E-state index in [-0.39, 0.29) is 10.8 Å². The van der Waals surface area contributed by atoms with Gasteiger partial charge >= 0.3 is 0 Å². The van der Waals surface area contributed by atoms with Gasteiger partial charge in [-0.25, -0.2) is 4.39 Å². The van der Waals surface area contributed by atoms with E-state index in [9.17, 15) is 4.39 Å². The van der Waals surface area contributed by atoms with E-state index in [0.717, 1.165) is 4.70 Å². The van der Waals surface area contributed by atoms with Gasteiger partial charge in [0.1, 0.15) is 0 Å². The van der Waals surface area contributed by atoms with Crippen molar-refractivity contribution < 1.29 is 4.39 Å². The van der Waals surface area contributed by atoms with Gasteiger partial charge in [-0.05, 0) is 17.5 Å². The molecule has 2 rings (SSSR count). The van der Waals surface area contributed by atoms with Crippen LogP contribution in [0, 0.1) is 11.9 Å². The monoisotopic (exact) mass is 185 g/mol. The summed E-state index contributed by atoms with van der Waals surface area (Å²) in [6, 6.07) is 6.14. The Hall–Kier alpha value is -0.600. The van der Waals surface area contributed by atoms with Crippen molar-refractivity contribution >= 4 is 33.0 Å². The summed E-state index contributed by atoms with van der Waals surface area (Å²) < 4.78 is 14.0. The molecule has 0 N–H and O–H groups in total. The van der Waals surface area contributed by atoms with Crippen LogP contribution in [0.3, 0.4) is 0 Å². The fourth-order valence-corrected chi connectivity index (χ4v) is 1.79. The number of fused-ring (bicyclic) bond motifs is 1. The average Bonchev–Trinajstić information content (AvgIpc) is 2.45. The number of halogens is 2. The Bertz CT molecular complexity index is 394. The topological polar surface area (TPSA) is 0 Å². The van der Waals surface area contributed by atoms with E-state index in [1.165, 1.54) is 11.3 Å². The lowest BCUT2D eigenvalue weighted by atomic mass is 10.2. The molecular formula is C8H3ClFS. The Labute approximate surface area is 72.2 Å². The Morgan fingerprint density at radius 1 is 1.45 bits per heavy atom. The van der Waals surface area contributed by atoms with Gasteiger partial charge in [-0.15, -0.1) is 11.3 Å². The molecule has 3 heteroatoms. The summed E-state index contributed by atoms with van der Waals surface area (Å²) in [5.41, 5.74) is 0. The largest absolute Gasteiger partial charge is 0.205 e. The van der Waals surface area contributed by atoms with Crippen molar-refractivity contribution in [2.24, 2.45) is 0 Å². The number of hydrogen-bond donors (Lipinski definition) is 0. The first kappa shape index (κ1) is 7.07. The van der Waals surface area contributed by atoms with E-state index in [2.05, 4.69) is 6.07 Å². The average molecular weight is 186 g/mol. The number of thiophene rings is 1. The quantitative estimate of drug-likeness (QED) is 0.590. The van der Waals surface area contributed by atoms with Crippen LogP contribution in [0.5, 0.6) is 0 Å². The third kappa shape index (κ3) is 1.03. The maximum Gasteiger partial charge on any atom is 0.151 e. The number of benzene rings is 1. The predicted octanol–water partition coefficient (Wildman–Crippen LogP) is 3.49. The van der Waals surface area contributed by atoms with Gasteiger partial charge in [-0.2, -0.15) is 0 Å². The van der Waals surface area contributed by atoms with Gasteiger partial charge in [0.15, 0.2) is 5.82 Å². The molecule has 11 heavy (non-hydrogen) atoms. The molecule has 0 saturated heterocycles. The van der Waals surface area contributed by atoms with Crippen LogP contribution in [0.15, 0.2) is 17.5 Å². The molecule has 0 aliphatic carbocycles. The van der Waals surface area contributed by atoms with Crippen molar-refractivity contribution in [2.75, 3.05) is 0 Å². The van der Waals surface area contributed by atoms with Gasteiger partial charge in [-0.1, -0.05) is 11.6 Å². The molecule has 1 radical (unpaired) electrons. The van der Waals surface area contributed by atoms with Gasteiger partial charge in [0, 0.05) is 16.2 Å². The fraction of sp³-hybridized carbons (Fsp3) is 0. The maximum absolute atomic E-state index is 13.1. The summed E-state index contributed by atoms with van der Waals surface area (Å²) in [5.74, 6) is -0.370. The van der Waals surface area contributed by atoms with Gasteiger partial charge in [0.25, 0.3) is 0 Å². The molecule has 0 nitrogen and oxygen atoms in total. The summed E-state index contributed by atoms with van der Waals surface area (Å²) in [4.78, 5) is 0. The standard InChI is InChI=1S/C8H3ClFS/c9-6-1-2-7-5(8(6)10)3-4-11-7/h1-2,4H. The van der Waals surface area contributed by atoms with E-state index in [0.29, 0.717) is 5.39 Å². The molecule has 0 saturated carbocycles. The van der Waals surface area contributed by atoms with Gasteiger partial charge < -0.3 is 0 Å². The second-order valence-corrected chi connectivity index (χ2v) is 3.43. The SMILES string of the molecule is Fc1c(Cl)ccc2sc[c]c12. The molecule has 0 amide bonds. The van der Waals surface area contributed by atoms with Crippen molar-refractivity contribution in [3.8, 4) is 0 Å². The fourth-order valence-electron chi connectivity index (χ4n) is 0.917. The molecule has 1 aromatic carbocycles. The van der Waals surface area contributed by atoms with Crippen LogP contribution in [-0.2, 0) is 0 Å². The van der Waals surface area contributed by atoms with E-state index in [4.69, 9.17) is 11.6 Å². The second kappa shape index (κ2) is 2.47. The third-order valence-electron chi connectivity index (χ3n) is 1.45. The number of hydrogen-bond acceptors (Lipinski definition) is 1. The molecule has 0 bridgehead atoms. The first-order valence-corrected chi connectivity index (χ1v) is 4.27. The van der Waals surface area contributed by atoms with Crippen LogP contribution in [0.2, 0.25) is 5.02 Å². The molecule has 2 aromatic rings. The zero-order chi connectivity index (χ0) is 7.84. The molecular weight excluding hydrogens is 183 g/mol. The Kier molecular flexibility index (Phi) is 1.59. The summed E-state index contributed by atoms with van der Waals surface area (Å²) in [5, 5.41) is 2.37. The number of rotatable bonds is 0. The van der Waals surface area contributed by atoms with E-state index < -0.39 is 0 Å². The van der Waals surface area contributed by atoms with Crippen molar-refractivity contribution in [1.29, 1.82) is 0 Å². The second-order valence-electron chi connectivity index (χ2n) is 2.11. The normalized spacial score (nSPS) is 10.7. The van der Waals surface area contributed by atoms with Gasteiger partial charge in [0.05, 0.1) is 5.02 Å². The Morgan fingerprint density at radius 3 is 3.09 bits per heavy atom. The molecule has 0 spiro atoms. The van der Waals surface area contributed by atoms with Gasteiger partial charge in [-0.3, -0.25) is 0 Å². The minimum Gasteiger partial charge on any atom is -0.205 e. The van der Waals surface area contributed by atoms with E-state index >= 15 is 0 Å². The lowest BCUT2D eigenvalue weighted by Crippen LogP contribution is -1.75. The first-order chi connectivity index (χ1) is 5.29. The zero-order valence-electron chi connectivity index (χ0n) is 5.40. The molecule has 55 valence electrons. The van der Waals surface area contributed by atoms with Crippen LogP contribution < -0.4 is 0 Å². The summed E-state index contributed by atoms with van der Waals surface area (Å²) in [6.45, 7) is 0. The molecule has 1 heterocycles. The zero-order valence-corrected chi connectivity index (χ0v) is 6.97. The Morgan fingerprint density at radius 2 is 2.27 bits per heavy atom. The Balaban J connectivity index is 2.93.